The van der Waals surface area contributed by atoms with Crippen LogP contribution in [0.1, 0.15) is 31.5 Å². The first-order valence-corrected chi connectivity index (χ1v) is 7.66. The molecule has 6 nitrogen and oxygen atoms in total. The molecule has 0 unspecified atom stereocenters. The van der Waals surface area contributed by atoms with Gasteiger partial charge in [0.25, 0.3) is 0 Å². The summed E-state index contributed by atoms with van der Waals surface area (Å²) in [5, 5.41) is 3.20. The van der Waals surface area contributed by atoms with Gasteiger partial charge in [-0.25, -0.2) is 9.97 Å². The molecule has 0 saturated carbocycles. The minimum Gasteiger partial charge on any atom is -0.463 e. The SMILES string of the molecule is Cc1nc(-c2cccnc2)nc(NCCC(=O)OC(C)C)c1C. The number of esters is 1. The van der Waals surface area contributed by atoms with E-state index < -0.39 is 0 Å². The Morgan fingerprint density at radius 2 is 2.09 bits per heavy atom. The van der Waals surface area contributed by atoms with Crippen LogP contribution < -0.4 is 5.32 Å². The lowest BCUT2D eigenvalue weighted by Crippen LogP contribution is -2.16. The quantitative estimate of drug-likeness (QED) is 0.826. The van der Waals surface area contributed by atoms with Crippen molar-refractivity contribution in [2.45, 2.75) is 40.2 Å². The Morgan fingerprint density at radius 3 is 2.74 bits per heavy atom. The number of pyridine rings is 1. The van der Waals surface area contributed by atoms with Crippen molar-refractivity contribution in [1.82, 2.24) is 15.0 Å². The second-order valence-corrected chi connectivity index (χ2v) is 5.56. The fourth-order valence-corrected chi connectivity index (χ4v) is 2.03. The number of aryl methyl sites for hydroxylation is 1. The van der Waals surface area contributed by atoms with E-state index in [4.69, 9.17) is 4.74 Å². The molecule has 0 amide bonds. The largest absolute Gasteiger partial charge is 0.463 e. The van der Waals surface area contributed by atoms with E-state index in [0.717, 1.165) is 22.6 Å². The van der Waals surface area contributed by atoms with Gasteiger partial charge in [-0.1, -0.05) is 0 Å². The highest BCUT2D eigenvalue weighted by Gasteiger charge is 2.11. The topological polar surface area (TPSA) is 77.0 Å². The van der Waals surface area contributed by atoms with Gasteiger partial charge in [-0.15, -0.1) is 0 Å². The Bertz CT molecular complexity index is 672. The average Bonchev–Trinajstić information content (AvgIpc) is 2.51. The predicted octanol–water partition coefficient (Wildman–Crippen LogP) is 2.91. The van der Waals surface area contributed by atoms with E-state index in [0.29, 0.717) is 18.8 Å². The fraction of sp³-hybridized carbons (Fsp3) is 0.412. The molecule has 0 fully saturated rings. The van der Waals surface area contributed by atoms with Gasteiger partial charge >= 0.3 is 5.97 Å². The molecule has 0 aliphatic rings. The number of aromatic nitrogens is 3. The molecule has 0 bridgehead atoms. The van der Waals surface area contributed by atoms with Gasteiger partial charge in [-0.2, -0.15) is 0 Å². The number of nitrogens with zero attached hydrogens (tertiary/aromatic N) is 3. The summed E-state index contributed by atoms with van der Waals surface area (Å²) in [5.41, 5.74) is 2.72. The van der Waals surface area contributed by atoms with E-state index in [1.54, 1.807) is 12.4 Å². The van der Waals surface area contributed by atoms with Crippen molar-refractivity contribution in [3.8, 4) is 11.4 Å². The van der Waals surface area contributed by atoms with Crippen LogP contribution in [-0.4, -0.2) is 33.6 Å². The number of carbonyl (C=O) groups excluding carboxylic acids is 1. The number of nitrogens with one attached hydrogen (secondary N) is 1. The summed E-state index contributed by atoms with van der Waals surface area (Å²) >= 11 is 0. The molecular weight excluding hydrogens is 292 g/mol. The van der Waals surface area contributed by atoms with Crippen LogP contribution in [0.4, 0.5) is 5.82 Å². The first kappa shape index (κ1) is 16.9. The van der Waals surface area contributed by atoms with Crippen molar-refractivity contribution >= 4 is 11.8 Å². The van der Waals surface area contributed by atoms with E-state index >= 15 is 0 Å². The molecule has 2 heterocycles. The third kappa shape index (κ3) is 4.74. The van der Waals surface area contributed by atoms with Gasteiger partial charge in [-0.05, 0) is 39.8 Å². The summed E-state index contributed by atoms with van der Waals surface area (Å²) < 4.78 is 5.12. The maximum absolute atomic E-state index is 11.6. The maximum Gasteiger partial charge on any atom is 0.307 e. The molecule has 0 aromatic carbocycles. The van der Waals surface area contributed by atoms with Gasteiger partial charge in [0, 0.05) is 35.8 Å². The van der Waals surface area contributed by atoms with Crippen molar-refractivity contribution in [2.24, 2.45) is 0 Å². The molecule has 2 aromatic heterocycles. The average molecular weight is 314 g/mol. The van der Waals surface area contributed by atoms with Crippen LogP contribution >= 0.6 is 0 Å². The highest BCUT2D eigenvalue weighted by atomic mass is 16.5. The van der Waals surface area contributed by atoms with E-state index in [2.05, 4.69) is 20.3 Å². The minimum absolute atomic E-state index is 0.0947. The summed E-state index contributed by atoms with van der Waals surface area (Å²) in [6.07, 6.45) is 3.64. The normalized spacial score (nSPS) is 10.7. The van der Waals surface area contributed by atoms with Gasteiger partial charge < -0.3 is 10.1 Å². The molecule has 122 valence electrons. The van der Waals surface area contributed by atoms with E-state index in [1.807, 2.05) is 39.8 Å². The molecule has 6 heteroatoms. The standard InChI is InChI=1S/C17H22N4O2/c1-11(2)23-15(22)7-9-19-16-12(3)13(4)20-17(21-16)14-6-5-8-18-10-14/h5-6,8,10-11H,7,9H2,1-4H3,(H,19,20,21). The Morgan fingerprint density at radius 1 is 1.30 bits per heavy atom. The summed E-state index contributed by atoms with van der Waals surface area (Å²) in [7, 11) is 0. The predicted molar refractivity (Wildman–Crippen MR) is 89.1 cm³/mol. The summed E-state index contributed by atoms with van der Waals surface area (Å²) in [6, 6.07) is 3.77. The second-order valence-electron chi connectivity index (χ2n) is 5.56. The van der Waals surface area contributed by atoms with Gasteiger partial charge in [-0.3, -0.25) is 9.78 Å². The van der Waals surface area contributed by atoms with Crippen LogP contribution in [-0.2, 0) is 9.53 Å². The van der Waals surface area contributed by atoms with Crippen LogP contribution in [0.2, 0.25) is 0 Å². The Kier molecular flexibility index (Phi) is 5.62. The van der Waals surface area contributed by atoms with Crippen molar-refractivity contribution in [2.75, 3.05) is 11.9 Å². The van der Waals surface area contributed by atoms with Crippen molar-refractivity contribution in [3.05, 3.63) is 35.8 Å². The molecule has 0 saturated heterocycles. The molecule has 0 radical (unpaired) electrons. The summed E-state index contributed by atoms with van der Waals surface area (Å²) in [6.45, 7) is 8.04. The smallest absolute Gasteiger partial charge is 0.307 e. The number of hydrogen-bond donors (Lipinski definition) is 1. The second kappa shape index (κ2) is 7.67. The first-order valence-electron chi connectivity index (χ1n) is 7.66. The molecule has 0 aliphatic heterocycles. The number of hydrogen-bond acceptors (Lipinski definition) is 6. The number of anilines is 1. The van der Waals surface area contributed by atoms with Crippen LogP contribution in [0.3, 0.4) is 0 Å². The van der Waals surface area contributed by atoms with Crippen LogP contribution in [0, 0.1) is 13.8 Å². The molecule has 0 atom stereocenters. The zero-order valence-corrected chi connectivity index (χ0v) is 14.0. The highest BCUT2D eigenvalue weighted by molar-refractivity contribution is 5.70. The summed E-state index contributed by atoms with van der Waals surface area (Å²) in [4.78, 5) is 24.7. The van der Waals surface area contributed by atoms with Gasteiger partial charge in [0.05, 0.1) is 12.5 Å². The number of rotatable bonds is 6. The third-order valence-electron chi connectivity index (χ3n) is 3.30. The molecule has 2 rings (SSSR count). The fourth-order valence-electron chi connectivity index (χ4n) is 2.03. The molecular formula is C17H22N4O2. The van der Waals surface area contributed by atoms with Crippen LogP contribution in [0.25, 0.3) is 11.4 Å². The Balaban J connectivity index is 2.09. The lowest BCUT2D eigenvalue weighted by atomic mass is 10.2. The first-order chi connectivity index (χ1) is 11.0. The van der Waals surface area contributed by atoms with Crippen molar-refractivity contribution in [3.63, 3.8) is 0 Å². The lowest BCUT2D eigenvalue weighted by Gasteiger charge is -2.13. The monoisotopic (exact) mass is 314 g/mol. The van der Waals surface area contributed by atoms with E-state index in [-0.39, 0.29) is 12.1 Å². The zero-order chi connectivity index (χ0) is 16.8. The van der Waals surface area contributed by atoms with E-state index in [1.165, 1.54) is 0 Å². The molecule has 23 heavy (non-hydrogen) atoms. The van der Waals surface area contributed by atoms with Gasteiger partial charge in [0.1, 0.15) is 5.82 Å². The van der Waals surface area contributed by atoms with Crippen LogP contribution in [0.5, 0.6) is 0 Å². The van der Waals surface area contributed by atoms with Crippen molar-refractivity contribution < 1.29 is 9.53 Å². The van der Waals surface area contributed by atoms with Gasteiger partial charge in [0.15, 0.2) is 5.82 Å². The molecule has 0 spiro atoms. The van der Waals surface area contributed by atoms with Gasteiger partial charge in [0.2, 0.25) is 0 Å². The third-order valence-corrected chi connectivity index (χ3v) is 3.30. The minimum atomic E-state index is -0.219. The number of carbonyl (C=O) groups is 1. The van der Waals surface area contributed by atoms with Crippen LogP contribution in [0.15, 0.2) is 24.5 Å². The molecule has 0 aliphatic carbocycles. The maximum atomic E-state index is 11.6. The Hall–Kier alpha value is -2.50. The zero-order valence-electron chi connectivity index (χ0n) is 14.0. The lowest BCUT2D eigenvalue weighted by molar-refractivity contribution is -0.147. The number of ether oxygens (including phenoxy) is 1. The van der Waals surface area contributed by atoms with Crippen molar-refractivity contribution in [1.29, 1.82) is 0 Å². The Labute approximate surface area is 136 Å². The molecule has 1 N–H and O–H groups in total. The highest BCUT2D eigenvalue weighted by Crippen LogP contribution is 2.20. The summed E-state index contributed by atoms with van der Waals surface area (Å²) in [5.74, 6) is 1.13. The van der Waals surface area contributed by atoms with E-state index in [9.17, 15) is 4.79 Å². The molecule has 2 aromatic rings.